The second-order valence-corrected chi connectivity index (χ2v) is 6.71. The van der Waals surface area contributed by atoms with Crippen molar-refractivity contribution < 1.29 is 9.53 Å². The molecule has 0 spiro atoms. The van der Waals surface area contributed by atoms with E-state index in [0.29, 0.717) is 23.3 Å². The third kappa shape index (κ3) is 5.62. The van der Waals surface area contributed by atoms with Crippen LogP contribution in [0.25, 0.3) is 0 Å². The molecule has 1 aliphatic heterocycles. The van der Waals surface area contributed by atoms with E-state index in [1.807, 2.05) is 17.8 Å². The monoisotopic (exact) mass is 398 g/mol. The van der Waals surface area contributed by atoms with Gasteiger partial charge in [-0.15, -0.1) is 12.4 Å². The highest BCUT2D eigenvalue weighted by Crippen LogP contribution is 2.17. The lowest BCUT2D eigenvalue weighted by Crippen LogP contribution is -2.34. The van der Waals surface area contributed by atoms with Crippen molar-refractivity contribution in [1.29, 1.82) is 0 Å². The van der Waals surface area contributed by atoms with Crippen LogP contribution >= 0.6 is 24.0 Å². The van der Waals surface area contributed by atoms with E-state index >= 15 is 0 Å². The summed E-state index contributed by atoms with van der Waals surface area (Å²) in [5, 5.41) is 11.3. The highest BCUT2D eigenvalue weighted by Gasteiger charge is 2.18. The molecule has 2 aromatic rings. The van der Waals surface area contributed by atoms with Crippen molar-refractivity contribution in [2.24, 2.45) is 0 Å². The van der Waals surface area contributed by atoms with E-state index in [1.165, 1.54) is 0 Å². The fourth-order valence-electron chi connectivity index (χ4n) is 2.84. The number of rotatable bonds is 6. The lowest BCUT2D eigenvalue weighted by Gasteiger charge is -2.22. The van der Waals surface area contributed by atoms with Gasteiger partial charge >= 0.3 is 0 Å². The van der Waals surface area contributed by atoms with Crippen molar-refractivity contribution in [1.82, 2.24) is 20.4 Å². The zero-order valence-corrected chi connectivity index (χ0v) is 16.2. The van der Waals surface area contributed by atoms with E-state index in [0.717, 1.165) is 31.7 Å². The zero-order chi connectivity index (χ0) is 17.6. The molecule has 142 valence electrons. The maximum Gasteiger partial charge on any atom is 0.271 e. The van der Waals surface area contributed by atoms with Gasteiger partial charge in [-0.05, 0) is 56.6 Å². The molecule has 0 bridgehead atoms. The van der Waals surface area contributed by atoms with Crippen LogP contribution in [0.2, 0.25) is 5.02 Å². The third-order valence-corrected chi connectivity index (χ3v) is 4.44. The molecule has 2 heterocycles. The average molecular weight is 399 g/mol. The Hall–Kier alpha value is -1.76. The first-order chi connectivity index (χ1) is 12.1. The van der Waals surface area contributed by atoms with Gasteiger partial charge in [0.25, 0.3) is 5.91 Å². The molecule has 2 atom stereocenters. The molecule has 1 aliphatic rings. The van der Waals surface area contributed by atoms with Gasteiger partial charge in [-0.2, -0.15) is 5.10 Å². The van der Waals surface area contributed by atoms with Crippen molar-refractivity contribution in [3.05, 3.63) is 47.2 Å². The van der Waals surface area contributed by atoms with Crippen LogP contribution < -0.4 is 15.4 Å². The molecule has 1 aromatic heterocycles. The lowest BCUT2D eigenvalue weighted by molar-refractivity contribution is 0.0926. The van der Waals surface area contributed by atoms with Crippen LogP contribution in [0.3, 0.4) is 0 Å². The second kappa shape index (κ2) is 9.80. The first-order valence-corrected chi connectivity index (χ1v) is 8.96. The molecule has 1 amide bonds. The van der Waals surface area contributed by atoms with Crippen LogP contribution in [0.5, 0.6) is 5.75 Å². The number of ether oxygens (including phenoxy) is 1. The lowest BCUT2D eigenvalue weighted by atomic mass is 10.1. The van der Waals surface area contributed by atoms with Crippen LogP contribution in [-0.2, 0) is 0 Å². The molecular weight excluding hydrogens is 375 g/mol. The van der Waals surface area contributed by atoms with Gasteiger partial charge in [0.1, 0.15) is 17.5 Å². The first kappa shape index (κ1) is 20.6. The maximum atomic E-state index is 12.3. The highest BCUT2D eigenvalue weighted by atomic mass is 35.5. The third-order valence-electron chi connectivity index (χ3n) is 4.19. The molecule has 2 N–H and O–H groups in total. The SMILES string of the molecule is CC(CNC(=O)c1ccn(C2CCCNC2)n1)Oc1ccc(Cl)cc1.Cl. The molecule has 0 saturated carbocycles. The normalized spacial score (nSPS) is 17.8. The number of benzene rings is 1. The first-order valence-electron chi connectivity index (χ1n) is 8.58. The smallest absolute Gasteiger partial charge is 0.271 e. The van der Waals surface area contributed by atoms with E-state index in [4.69, 9.17) is 16.3 Å². The Balaban J connectivity index is 0.00000243. The van der Waals surface area contributed by atoms with Crippen LogP contribution in [0.15, 0.2) is 36.5 Å². The van der Waals surface area contributed by atoms with E-state index in [9.17, 15) is 4.79 Å². The fraction of sp³-hybridized carbons (Fsp3) is 0.444. The Morgan fingerprint density at radius 2 is 2.19 bits per heavy atom. The molecule has 2 unspecified atom stereocenters. The van der Waals surface area contributed by atoms with Gasteiger partial charge in [0.15, 0.2) is 0 Å². The van der Waals surface area contributed by atoms with Gasteiger partial charge < -0.3 is 15.4 Å². The van der Waals surface area contributed by atoms with Crippen molar-refractivity contribution in [2.45, 2.75) is 31.9 Å². The Bertz CT molecular complexity index is 699. The minimum atomic E-state index is -0.186. The van der Waals surface area contributed by atoms with Crippen molar-refractivity contribution in [3.8, 4) is 5.75 Å². The number of carbonyl (C=O) groups is 1. The molecule has 0 aliphatic carbocycles. The molecule has 1 saturated heterocycles. The largest absolute Gasteiger partial charge is 0.489 e. The van der Waals surface area contributed by atoms with Gasteiger partial charge in [0, 0.05) is 17.8 Å². The fourth-order valence-corrected chi connectivity index (χ4v) is 2.96. The predicted molar refractivity (Wildman–Crippen MR) is 104 cm³/mol. The van der Waals surface area contributed by atoms with Crippen molar-refractivity contribution in [2.75, 3.05) is 19.6 Å². The van der Waals surface area contributed by atoms with Crippen LogP contribution in [-0.4, -0.2) is 41.4 Å². The summed E-state index contributed by atoms with van der Waals surface area (Å²) in [6, 6.07) is 9.24. The minimum absolute atomic E-state index is 0. The molecule has 26 heavy (non-hydrogen) atoms. The Morgan fingerprint density at radius 1 is 1.42 bits per heavy atom. The summed E-state index contributed by atoms with van der Waals surface area (Å²) in [5.74, 6) is 0.536. The average Bonchev–Trinajstić information content (AvgIpc) is 3.13. The Kier molecular flexibility index (Phi) is 7.75. The van der Waals surface area contributed by atoms with Gasteiger partial charge in [-0.3, -0.25) is 9.48 Å². The number of amides is 1. The van der Waals surface area contributed by atoms with Gasteiger partial charge in [-0.25, -0.2) is 0 Å². The summed E-state index contributed by atoms with van der Waals surface area (Å²) in [6.07, 6.45) is 3.93. The molecule has 6 nitrogen and oxygen atoms in total. The Labute approximate surface area is 164 Å². The number of nitrogens with one attached hydrogen (secondary N) is 2. The standard InChI is InChI=1S/C18H23ClN4O2.ClH/c1-13(25-16-6-4-14(19)5-7-16)11-21-18(24)17-8-10-23(22-17)15-3-2-9-20-12-15;/h4-8,10,13,15,20H,2-3,9,11-12H2,1H3,(H,21,24);1H. The van der Waals surface area contributed by atoms with Crippen LogP contribution in [0.4, 0.5) is 0 Å². The number of hydrogen-bond acceptors (Lipinski definition) is 4. The van der Waals surface area contributed by atoms with E-state index in [-0.39, 0.29) is 24.4 Å². The summed E-state index contributed by atoms with van der Waals surface area (Å²) < 4.78 is 7.63. The highest BCUT2D eigenvalue weighted by molar-refractivity contribution is 6.30. The van der Waals surface area contributed by atoms with Gasteiger partial charge in [-0.1, -0.05) is 11.6 Å². The number of aromatic nitrogens is 2. The summed E-state index contributed by atoms with van der Waals surface area (Å²) >= 11 is 5.85. The van der Waals surface area contributed by atoms with E-state index < -0.39 is 0 Å². The summed E-state index contributed by atoms with van der Waals surface area (Å²) in [6.45, 7) is 4.26. The Morgan fingerprint density at radius 3 is 2.88 bits per heavy atom. The van der Waals surface area contributed by atoms with E-state index in [1.54, 1.807) is 30.3 Å². The summed E-state index contributed by atoms with van der Waals surface area (Å²) in [5.41, 5.74) is 0.435. The minimum Gasteiger partial charge on any atom is -0.489 e. The number of carbonyl (C=O) groups excluding carboxylic acids is 1. The second-order valence-electron chi connectivity index (χ2n) is 6.27. The van der Waals surface area contributed by atoms with Gasteiger partial charge in [0.2, 0.25) is 0 Å². The number of nitrogens with zero attached hydrogens (tertiary/aromatic N) is 2. The quantitative estimate of drug-likeness (QED) is 0.784. The molecule has 8 heteroatoms. The number of piperidine rings is 1. The number of hydrogen-bond donors (Lipinski definition) is 2. The molecule has 3 rings (SSSR count). The summed E-state index contributed by atoms with van der Waals surface area (Å²) in [4.78, 5) is 12.3. The van der Waals surface area contributed by atoms with Gasteiger partial charge in [0.05, 0.1) is 12.6 Å². The van der Waals surface area contributed by atoms with Crippen molar-refractivity contribution >= 4 is 29.9 Å². The summed E-state index contributed by atoms with van der Waals surface area (Å²) in [7, 11) is 0. The topological polar surface area (TPSA) is 68.2 Å². The predicted octanol–water partition coefficient (Wildman–Crippen LogP) is 3.08. The van der Waals surface area contributed by atoms with Crippen LogP contribution in [0, 0.1) is 0 Å². The van der Waals surface area contributed by atoms with Crippen LogP contribution in [0.1, 0.15) is 36.3 Å². The molecule has 1 fully saturated rings. The van der Waals surface area contributed by atoms with E-state index in [2.05, 4.69) is 15.7 Å². The number of halogens is 2. The van der Waals surface area contributed by atoms with Crippen molar-refractivity contribution in [3.63, 3.8) is 0 Å². The maximum absolute atomic E-state index is 12.3. The molecule has 0 radical (unpaired) electrons. The molecule has 1 aromatic carbocycles. The molecular formula is C18H24Cl2N4O2. The zero-order valence-electron chi connectivity index (χ0n) is 14.7.